The Kier molecular flexibility index (Phi) is 7.37. The average Bonchev–Trinajstić information content (AvgIpc) is 3.38. The molecule has 1 amide bonds. The number of carbonyl (C=O) groups is 2. The first-order valence-electron chi connectivity index (χ1n) is 10.3. The van der Waals surface area contributed by atoms with E-state index in [1.807, 2.05) is 17.7 Å². The van der Waals surface area contributed by atoms with Gasteiger partial charge in [-0.3, -0.25) is 4.79 Å². The molecular weight excluding hydrogens is 444 g/mol. The summed E-state index contributed by atoms with van der Waals surface area (Å²) in [6.07, 6.45) is 4.54. The molecule has 2 fully saturated rings. The Morgan fingerprint density at radius 1 is 1.45 bits per heavy atom. The van der Waals surface area contributed by atoms with Crippen LogP contribution in [0.2, 0.25) is 0 Å². The largest absolute Gasteiger partial charge is 0.477 e. The number of carboxylic acids is 1. The van der Waals surface area contributed by atoms with Crippen LogP contribution in [0.3, 0.4) is 0 Å². The lowest BCUT2D eigenvalue weighted by atomic mass is 9.79. The van der Waals surface area contributed by atoms with Crippen molar-refractivity contribution in [3.8, 4) is 0 Å². The van der Waals surface area contributed by atoms with Crippen LogP contribution in [0.15, 0.2) is 23.0 Å². The highest BCUT2D eigenvalue weighted by Gasteiger charge is 2.60. The minimum atomic E-state index is -1.08. The standard InChI is InChI=1S/C20H28N4O5S.ClH/c1-10-16-15(11(2)26)19(27)24(16)17(20(28)29)18(10)30-13-7-12(22-8-13)3-5-23-6-4-21-14(23)9-25;/h4,6,10-13,15-16,22,25-26H,3,5,7-9H2,1-2H3,(H,28,29);1H/t10-,11-,12-,13+,15-,16-;/m1./s1. The van der Waals surface area contributed by atoms with Gasteiger partial charge in [0.25, 0.3) is 0 Å². The molecule has 3 aliphatic heterocycles. The van der Waals surface area contributed by atoms with Crippen molar-refractivity contribution < 1.29 is 24.9 Å². The van der Waals surface area contributed by atoms with Crippen LogP contribution in [0.5, 0.6) is 0 Å². The second kappa shape index (κ2) is 9.50. The number of aromatic nitrogens is 2. The molecule has 1 aromatic rings. The fraction of sp³-hybridized carbons (Fsp3) is 0.650. The lowest BCUT2D eigenvalue weighted by Gasteiger charge is -2.46. The van der Waals surface area contributed by atoms with Crippen molar-refractivity contribution in [3.05, 3.63) is 28.8 Å². The van der Waals surface area contributed by atoms with Gasteiger partial charge in [0.1, 0.15) is 18.1 Å². The van der Waals surface area contributed by atoms with E-state index in [4.69, 9.17) is 0 Å². The zero-order valence-electron chi connectivity index (χ0n) is 17.5. The number of rotatable bonds is 8. The normalized spacial score (nSPS) is 30.8. The molecular formula is C20H29ClN4O5S. The van der Waals surface area contributed by atoms with Crippen molar-refractivity contribution in [1.82, 2.24) is 19.8 Å². The van der Waals surface area contributed by atoms with Gasteiger partial charge in [-0.15, -0.1) is 24.2 Å². The molecule has 4 heterocycles. The summed E-state index contributed by atoms with van der Waals surface area (Å²) in [5, 5.41) is 32.8. The minimum Gasteiger partial charge on any atom is -0.477 e. The van der Waals surface area contributed by atoms with E-state index in [0.29, 0.717) is 11.9 Å². The third-order valence-corrected chi connectivity index (χ3v) is 7.96. The van der Waals surface area contributed by atoms with E-state index in [0.717, 1.165) is 30.8 Å². The number of aliphatic hydroxyl groups is 2. The Balaban J connectivity index is 0.00000272. The zero-order chi connectivity index (χ0) is 21.6. The molecule has 0 spiro atoms. The molecule has 6 atom stereocenters. The van der Waals surface area contributed by atoms with E-state index in [1.165, 1.54) is 4.90 Å². The quantitative estimate of drug-likeness (QED) is 0.409. The molecule has 0 aromatic carbocycles. The van der Waals surface area contributed by atoms with E-state index in [9.17, 15) is 24.9 Å². The number of carboxylic acid groups (broad SMARTS) is 1. The summed E-state index contributed by atoms with van der Waals surface area (Å²) >= 11 is 1.56. The number of aryl methyl sites for hydroxylation is 1. The fourth-order valence-electron chi connectivity index (χ4n) is 4.94. The molecule has 3 aliphatic rings. The van der Waals surface area contributed by atoms with E-state index in [2.05, 4.69) is 10.3 Å². The number of hydrogen-bond donors (Lipinski definition) is 4. The third-order valence-electron chi connectivity index (χ3n) is 6.45. The Morgan fingerprint density at radius 3 is 2.84 bits per heavy atom. The molecule has 11 heteroatoms. The first kappa shape index (κ1) is 24.1. The molecule has 172 valence electrons. The highest BCUT2D eigenvalue weighted by atomic mass is 35.5. The van der Waals surface area contributed by atoms with Crippen molar-refractivity contribution in [3.63, 3.8) is 0 Å². The summed E-state index contributed by atoms with van der Waals surface area (Å²) in [4.78, 5) is 30.6. The molecule has 31 heavy (non-hydrogen) atoms. The number of imidazole rings is 1. The number of thioether (sulfide) groups is 1. The van der Waals surface area contributed by atoms with Crippen LogP contribution in [-0.2, 0) is 22.7 Å². The number of hydrogen-bond acceptors (Lipinski definition) is 7. The van der Waals surface area contributed by atoms with Gasteiger partial charge in [-0.05, 0) is 19.8 Å². The van der Waals surface area contributed by atoms with Crippen LogP contribution in [0.1, 0.15) is 32.5 Å². The number of nitrogens with one attached hydrogen (secondary N) is 1. The van der Waals surface area contributed by atoms with Crippen LogP contribution in [0, 0.1) is 11.8 Å². The number of aliphatic carboxylic acids is 1. The van der Waals surface area contributed by atoms with Gasteiger partial charge >= 0.3 is 5.97 Å². The van der Waals surface area contributed by atoms with Gasteiger partial charge in [-0.1, -0.05) is 6.92 Å². The van der Waals surface area contributed by atoms with Crippen molar-refractivity contribution >= 4 is 36.0 Å². The van der Waals surface area contributed by atoms with Crippen molar-refractivity contribution in [2.75, 3.05) is 6.54 Å². The summed E-state index contributed by atoms with van der Waals surface area (Å²) in [6, 6.07) is 0.0281. The second-order valence-corrected chi connectivity index (χ2v) is 9.68. The number of fused-ring (bicyclic) bond motifs is 1. The summed E-state index contributed by atoms with van der Waals surface area (Å²) in [5.41, 5.74) is 0.0915. The predicted molar refractivity (Wildman–Crippen MR) is 117 cm³/mol. The zero-order valence-corrected chi connectivity index (χ0v) is 19.1. The number of halogens is 1. The SMILES string of the molecule is C[C@@H](O)[C@H]1C(=O)N2C(C(=O)O)=C(S[C@@H]3CN[C@H](CCn4ccnc4CO)C3)[C@H](C)[C@H]12.Cl. The van der Waals surface area contributed by atoms with Crippen LogP contribution in [0.4, 0.5) is 0 Å². The van der Waals surface area contributed by atoms with E-state index >= 15 is 0 Å². The maximum Gasteiger partial charge on any atom is 0.353 e. The van der Waals surface area contributed by atoms with Gasteiger partial charge in [0.2, 0.25) is 5.91 Å². The number of amides is 1. The van der Waals surface area contributed by atoms with Gasteiger partial charge < -0.3 is 30.1 Å². The van der Waals surface area contributed by atoms with E-state index in [1.54, 1.807) is 24.9 Å². The highest BCUT2D eigenvalue weighted by molar-refractivity contribution is 8.03. The molecule has 4 rings (SSSR count). The Hall–Kier alpha value is -1.59. The smallest absolute Gasteiger partial charge is 0.353 e. The maximum atomic E-state index is 12.5. The van der Waals surface area contributed by atoms with Crippen LogP contribution in [-0.4, -0.2) is 71.6 Å². The molecule has 9 nitrogen and oxygen atoms in total. The predicted octanol–water partition coefficient (Wildman–Crippen LogP) is 0.805. The maximum absolute atomic E-state index is 12.5. The molecule has 0 radical (unpaired) electrons. The van der Waals surface area contributed by atoms with Crippen molar-refractivity contribution in [2.45, 2.75) is 63.3 Å². The Bertz CT molecular complexity index is 876. The Labute approximate surface area is 191 Å². The summed E-state index contributed by atoms with van der Waals surface area (Å²) in [5.74, 6) is -1.36. The highest BCUT2D eigenvalue weighted by Crippen LogP contribution is 2.51. The summed E-state index contributed by atoms with van der Waals surface area (Å²) in [6.45, 7) is 4.98. The third kappa shape index (κ3) is 4.23. The molecule has 0 unspecified atom stereocenters. The second-order valence-electron chi connectivity index (χ2n) is 8.34. The molecule has 0 saturated carbocycles. The molecule has 0 bridgehead atoms. The van der Waals surface area contributed by atoms with Gasteiger partial charge in [0.15, 0.2) is 0 Å². The topological polar surface area (TPSA) is 128 Å². The lowest BCUT2D eigenvalue weighted by molar-refractivity contribution is -0.163. The number of aliphatic hydroxyl groups excluding tert-OH is 2. The van der Waals surface area contributed by atoms with Gasteiger partial charge in [-0.2, -0.15) is 0 Å². The molecule has 2 saturated heterocycles. The number of nitrogens with zero attached hydrogens (tertiary/aromatic N) is 3. The number of carbonyl (C=O) groups excluding carboxylic acids is 1. The molecule has 1 aromatic heterocycles. The minimum absolute atomic E-state index is 0. The number of β-lactam (4-membered cyclic amide) rings is 1. The fourth-order valence-corrected chi connectivity index (χ4v) is 6.46. The lowest BCUT2D eigenvalue weighted by Crippen LogP contribution is -2.63. The van der Waals surface area contributed by atoms with E-state index in [-0.39, 0.29) is 47.8 Å². The monoisotopic (exact) mass is 472 g/mol. The van der Waals surface area contributed by atoms with Crippen molar-refractivity contribution in [1.29, 1.82) is 0 Å². The first-order valence-corrected chi connectivity index (χ1v) is 11.2. The van der Waals surface area contributed by atoms with Crippen LogP contribution >= 0.6 is 24.2 Å². The Morgan fingerprint density at radius 2 is 2.19 bits per heavy atom. The van der Waals surface area contributed by atoms with E-state index < -0.39 is 18.0 Å². The van der Waals surface area contributed by atoms with Crippen molar-refractivity contribution in [2.24, 2.45) is 11.8 Å². The van der Waals surface area contributed by atoms with Crippen LogP contribution < -0.4 is 5.32 Å². The summed E-state index contributed by atoms with van der Waals surface area (Å²) < 4.78 is 1.94. The average molecular weight is 473 g/mol. The molecule has 0 aliphatic carbocycles. The van der Waals surface area contributed by atoms with Crippen LogP contribution in [0.25, 0.3) is 0 Å². The van der Waals surface area contributed by atoms with Gasteiger partial charge in [0, 0.05) is 47.6 Å². The first-order chi connectivity index (χ1) is 14.3. The summed E-state index contributed by atoms with van der Waals surface area (Å²) in [7, 11) is 0. The van der Waals surface area contributed by atoms with Gasteiger partial charge in [-0.25, -0.2) is 9.78 Å². The molecule has 4 N–H and O–H groups in total. The van der Waals surface area contributed by atoms with Gasteiger partial charge in [0.05, 0.1) is 18.1 Å².